The number of aromatic nitrogens is 1. The van der Waals surface area contributed by atoms with Crippen LogP contribution in [0.5, 0.6) is 0 Å². The lowest BCUT2D eigenvalue weighted by Crippen LogP contribution is -2.39. The molecule has 2 aromatic rings. The summed E-state index contributed by atoms with van der Waals surface area (Å²) >= 11 is 1.34. The minimum absolute atomic E-state index is 0.0707. The molecule has 0 saturated heterocycles. The first kappa shape index (κ1) is 12.5. The number of benzene rings is 1. The lowest BCUT2D eigenvalue weighted by atomic mass is 10.3. The Balaban J connectivity index is 2.09. The standard InChI is InChI=1S/C12H13N3O2S/c1-7(2)13-10(16)11(17)15-12-14-8-5-3-4-6-9(8)18-12/h3-7H,1-2H3,(H,13,16)(H,14,15,17). The molecule has 0 radical (unpaired) electrons. The summed E-state index contributed by atoms with van der Waals surface area (Å²) in [5.41, 5.74) is 0.807. The first-order valence-electron chi connectivity index (χ1n) is 5.53. The average Bonchev–Trinajstić information content (AvgIpc) is 2.69. The van der Waals surface area contributed by atoms with Crippen LogP contribution in [0.3, 0.4) is 0 Å². The molecule has 94 valence electrons. The molecule has 6 heteroatoms. The molecule has 0 aliphatic heterocycles. The average molecular weight is 263 g/mol. The van der Waals surface area contributed by atoms with Crippen LogP contribution in [0.25, 0.3) is 10.2 Å². The van der Waals surface area contributed by atoms with Crippen LogP contribution in [0.4, 0.5) is 5.13 Å². The zero-order valence-corrected chi connectivity index (χ0v) is 10.9. The van der Waals surface area contributed by atoms with Gasteiger partial charge in [-0.05, 0) is 26.0 Å². The topological polar surface area (TPSA) is 71.1 Å². The lowest BCUT2D eigenvalue weighted by Gasteiger charge is -2.06. The van der Waals surface area contributed by atoms with Gasteiger partial charge in [0.25, 0.3) is 0 Å². The van der Waals surface area contributed by atoms with Gasteiger partial charge in [-0.3, -0.25) is 14.9 Å². The summed E-state index contributed by atoms with van der Waals surface area (Å²) in [6, 6.07) is 7.47. The van der Waals surface area contributed by atoms with E-state index >= 15 is 0 Å². The van der Waals surface area contributed by atoms with Crippen LogP contribution in [0.2, 0.25) is 0 Å². The Hall–Kier alpha value is -1.95. The largest absolute Gasteiger partial charge is 0.346 e. The van der Waals surface area contributed by atoms with Gasteiger partial charge < -0.3 is 5.32 Å². The molecule has 0 unspecified atom stereocenters. The highest BCUT2D eigenvalue weighted by atomic mass is 32.1. The smallest absolute Gasteiger partial charge is 0.315 e. The van der Waals surface area contributed by atoms with Crippen molar-refractivity contribution in [3.8, 4) is 0 Å². The molecule has 0 aliphatic carbocycles. The molecule has 2 amide bonds. The Labute approximate surface area is 108 Å². The number of amides is 2. The number of anilines is 1. The van der Waals surface area contributed by atoms with Crippen LogP contribution >= 0.6 is 11.3 Å². The van der Waals surface area contributed by atoms with Crippen molar-refractivity contribution in [2.75, 3.05) is 5.32 Å². The van der Waals surface area contributed by atoms with E-state index in [9.17, 15) is 9.59 Å². The second-order valence-electron chi connectivity index (χ2n) is 4.07. The number of fused-ring (bicyclic) bond motifs is 1. The van der Waals surface area contributed by atoms with E-state index in [0.717, 1.165) is 10.2 Å². The summed E-state index contributed by atoms with van der Waals surface area (Å²) in [6.45, 7) is 3.59. The molecule has 1 heterocycles. The first-order valence-corrected chi connectivity index (χ1v) is 6.35. The van der Waals surface area contributed by atoms with Crippen molar-refractivity contribution < 1.29 is 9.59 Å². The predicted octanol–water partition coefficient (Wildman–Crippen LogP) is 1.76. The summed E-state index contributed by atoms with van der Waals surface area (Å²) in [7, 11) is 0. The summed E-state index contributed by atoms with van der Waals surface area (Å²) in [5, 5.41) is 5.45. The second kappa shape index (κ2) is 5.14. The fourth-order valence-electron chi connectivity index (χ4n) is 1.41. The maximum absolute atomic E-state index is 11.6. The monoisotopic (exact) mass is 263 g/mol. The van der Waals surface area contributed by atoms with E-state index in [4.69, 9.17) is 0 Å². The SMILES string of the molecule is CC(C)NC(=O)C(=O)Nc1nc2ccccc2s1. The molecule has 2 N–H and O–H groups in total. The molecule has 18 heavy (non-hydrogen) atoms. The molecular weight excluding hydrogens is 250 g/mol. The third kappa shape index (κ3) is 2.84. The van der Waals surface area contributed by atoms with Gasteiger partial charge in [0, 0.05) is 6.04 Å². The predicted molar refractivity (Wildman–Crippen MR) is 71.5 cm³/mol. The number of carbonyl (C=O) groups is 2. The number of carbonyl (C=O) groups excluding carboxylic acids is 2. The van der Waals surface area contributed by atoms with Gasteiger partial charge in [0.05, 0.1) is 10.2 Å². The Morgan fingerprint density at radius 1 is 1.22 bits per heavy atom. The van der Waals surface area contributed by atoms with Crippen LogP contribution in [0.1, 0.15) is 13.8 Å². The molecule has 2 rings (SSSR count). The lowest BCUT2D eigenvalue weighted by molar-refractivity contribution is -0.136. The summed E-state index contributed by atoms with van der Waals surface area (Å²) < 4.78 is 0.970. The van der Waals surface area contributed by atoms with E-state index in [1.807, 2.05) is 24.3 Å². The highest BCUT2D eigenvalue weighted by Gasteiger charge is 2.16. The van der Waals surface area contributed by atoms with E-state index < -0.39 is 11.8 Å². The van der Waals surface area contributed by atoms with Gasteiger partial charge in [-0.25, -0.2) is 4.98 Å². The summed E-state index contributed by atoms with van der Waals surface area (Å²) in [4.78, 5) is 27.2. The third-order valence-corrected chi connectivity index (χ3v) is 3.09. The maximum Gasteiger partial charge on any atom is 0.315 e. The van der Waals surface area contributed by atoms with Gasteiger partial charge in [-0.2, -0.15) is 0 Å². The molecule has 5 nitrogen and oxygen atoms in total. The molecule has 0 saturated carbocycles. The summed E-state index contributed by atoms with van der Waals surface area (Å²) in [6.07, 6.45) is 0. The number of hydrogen-bond acceptors (Lipinski definition) is 4. The fraction of sp³-hybridized carbons (Fsp3) is 0.250. The van der Waals surface area contributed by atoms with E-state index in [-0.39, 0.29) is 6.04 Å². The van der Waals surface area contributed by atoms with Crippen molar-refractivity contribution in [3.05, 3.63) is 24.3 Å². The van der Waals surface area contributed by atoms with E-state index in [1.165, 1.54) is 11.3 Å². The Kier molecular flexibility index (Phi) is 3.57. The van der Waals surface area contributed by atoms with Crippen LogP contribution < -0.4 is 10.6 Å². The van der Waals surface area contributed by atoms with E-state index in [2.05, 4.69) is 15.6 Å². The van der Waals surface area contributed by atoms with Crippen LogP contribution in [0.15, 0.2) is 24.3 Å². The molecule has 0 fully saturated rings. The van der Waals surface area contributed by atoms with Gasteiger partial charge in [0.15, 0.2) is 5.13 Å². The normalized spacial score (nSPS) is 10.6. The zero-order valence-electron chi connectivity index (χ0n) is 10.1. The Morgan fingerprint density at radius 2 is 1.94 bits per heavy atom. The van der Waals surface area contributed by atoms with E-state index in [1.54, 1.807) is 13.8 Å². The fourth-order valence-corrected chi connectivity index (χ4v) is 2.27. The Morgan fingerprint density at radius 3 is 2.61 bits per heavy atom. The number of thiazole rings is 1. The number of rotatable bonds is 2. The molecule has 1 aromatic carbocycles. The Bertz CT molecular complexity index is 559. The van der Waals surface area contributed by atoms with E-state index in [0.29, 0.717) is 5.13 Å². The quantitative estimate of drug-likeness (QED) is 0.811. The van der Waals surface area contributed by atoms with Gasteiger partial charge >= 0.3 is 11.8 Å². The second-order valence-corrected chi connectivity index (χ2v) is 5.10. The highest BCUT2D eigenvalue weighted by Crippen LogP contribution is 2.25. The highest BCUT2D eigenvalue weighted by molar-refractivity contribution is 7.22. The number of nitrogens with one attached hydrogen (secondary N) is 2. The van der Waals surface area contributed by atoms with Crippen molar-refractivity contribution in [3.63, 3.8) is 0 Å². The first-order chi connectivity index (χ1) is 8.56. The van der Waals surface area contributed by atoms with Crippen LogP contribution in [-0.2, 0) is 9.59 Å². The van der Waals surface area contributed by atoms with Gasteiger partial charge in [-0.15, -0.1) is 0 Å². The van der Waals surface area contributed by atoms with Gasteiger partial charge in [-0.1, -0.05) is 23.5 Å². The molecule has 0 bridgehead atoms. The molecule has 0 aliphatic rings. The van der Waals surface area contributed by atoms with Crippen molar-refractivity contribution in [1.82, 2.24) is 10.3 Å². The van der Waals surface area contributed by atoms with Crippen LogP contribution in [0, 0.1) is 0 Å². The molecule has 0 spiro atoms. The van der Waals surface area contributed by atoms with Crippen molar-refractivity contribution in [1.29, 1.82) is 0 Å². The van der Waals surface area contributed by atoms with Crippen molar-refractivity contribution >= 4 is 38.5 Å². The molecule has 1 aromatic heterocycles. The number of nitrogens with zero attached hydrogens (tertiary/aromatic N) is 1. The minimum Gasteiger partial charge on any atom is -0.346 e. The number of hydrogen-bond donors (Lipinski definition) is 2. The van der Waals surface area contributed by atoms with Gasteiger partial charge in [0.1, 0.15) is 0 Å². The third-order valence-electron chi connectivity index (χ3n) is 2.14. The molecule has 0 atom stereocenters. The molecular formula is C12H13N3O2S. The number of para-hydroxylation sites is 1. The minimum atomic E-state index is -0.692. The zero-order chi connectivity index (χ0) is 13.1. The van der Waals surface area contributed by atoms with Crippen molar-refractivity contribution in [2.24, 2.45) is 0 Å². The summed E-state index contributed by atoms with van der Waals surface area (Å²) in [5.74, 6) is -1.34. The maximum atomic E-state index is 11.6. The van der Waals surface area contributed by atoms with Crippen LogP contribution in [-0.4, -0.2) is 22.8 Å². The van der Waals surface area contributed by atoms with Gasteiger partial charge in [0.2, 0.25) is 0 Å². The van der Waals surface area contributed by atoms with Crippen molar-refractivity contribution in [2.45, 2.75) is 19.9 Å².